The number of hydrogen-bond acceptors (Lipinski definition) is 4. The summed E-state index contributed by atoms with van der Waals surface area (Å²) in [6.07, 6.45) is 6.66. The van der Waals surface area contributed by atoms with Crippen molar-refractivity contribution in [3.8, 4) is 0 Å². The van der Waals surface area contributed by atoms with Crippen molar-refractivity contribution < 1.29 is 4.52 Å². The molecule has 4 heteroatoms. The third kappa shape index (κ3) is 3.78. The van der Waals surface area contributed by atoms with Gasteiger partial charge in [-0.15, -0.1) is 0 Å². The maximum absolute atomic E-state index is 5.49. The molecule has 1 fully saturated rings. The Labute approximate surface area is 116 Å². The number of nitrogens with zero attached hydrogens (tertiary/aromatic N) is 2. The molecule has 0 amide bonds. The van der Waals surface area contributed by atoms with E-state index in [1.54, 1.807) is 0 Å². The van der Waals surface area contributed by atoms with Crippen molar-refractivity contribution >= 4 is 0 Å². The highest BCUT2D eigenvalue weighted by atomic mass is 16.5. The number of rotatable bonds is 4. The summed E-state index contributed by atoms with van der Waals surface area (Å²) in [7, 11) is 0. The highest BCUT2D eigenvalue weighted by Crippen LogP contribution is 2.42. The summed E-state index contributed by atoms with van der Waals surface area (Å²) in [6, 6.07) is 0. The van der Waals surface area contributed by atoms with Crippen LogP contribution in [0.15, 0.2) is 4.52 Å². The average Bonchev–Trinajstić information content (AvgIpc) is 2.84. The fourth-order valence-corrected chi connectivity index (χ4v) is 3.01. The monoisotopic (exact) mass is 265 g/mol. The lowest BCUT2D eigenvalue weighted by molar-refractivity contribution is 0.166. The molecule has 0 spiro atoms. The Kier molecular flexibility index (Phi) is 4.61. The first-order valence-corrected chi connectivity index (χ1v) is 7.53. The first kappa shape index (κ1) is 14.5. The van der Waals surface area contributed by atoms with E-state index in [0.29, 0.717) is 17.9 Å². The Hall–Kier alpha value is -0.900. The van der Waals surface area contributed by atoms with E-state index in [-0.39, 0.29) is 0 Å². The molecule has 0 saturated heterocycles. The molecule has 2 N–H and O–H groups in total. The van der Waals surface area contributed by atoms with Crippen LogP contribution in [0.1, 0.15) is 70.5 Å². The quantitative estimate of drug-likeness (QED) is 0.907. The van der Waals surface area contributed by atoms with E-state index in [9.17, 15) is 0 Å². The van der Waals surface area contributed by atoms with Crippen LogP contribution in [0.2, 0.25) is 0 Å². The number of aromatic nitrogens is 2. The summed E-state index contributed by atoms with van der Waals surface area (Å²) < 4.78 is 5.30. The van der Waals surface area contributed by atoms with Crippen LogP contribution in [-0.4, -0.2) is 16.7 Å². The lowest BCUT2D eigenvalue weighted by Crippen LogP contribution is -2.25. The number of aryl methyl sites for hydroxylation is 1. The third-order valence-corrected chi connectivity index (χ3v) is 4.40. The molecule has 1 aliphatic rings. The van der Waals surface area contributed by atoms with Crippen LogP contribution in [0, 0.1) is 11.3 Å². The minimum Gasteiger partial charge on any atom is -0.339 e. The van der Waals surface area contributed by atoms with Gasteiger partial charge in [0.25, 0.3) is 0 Å². The minimum atomic E-state index is 0.425. The van der Waals surface area contributed by atoms with Crippen molar-refractivity contribution in [2.24, 2.45) is 17.1 Å². The van der Waals surface area contributed by atoms with Crippen LogP contribution >= 0.6 is 0 Å². The Morgan fingerprint density at radius 1 is 1.21 bits per heavy atom. The van der Waals surface area contributed by atoms with Gasteiger partial charge in [-0.3, -0.25) is 0 Å². The SMILES string of the molecule is CC(C)(C)C1CCC(c2noc(CCCN)n2)CC1. The van der Waals surface area contributed by atoms with Gasteiger partial charge in [-0.1, -0.05) is 25.9 Å². The second-order valence-corrected chi connectivity index (χ2v) is 6.85. The summed E-state index contributed by atoms with van der Waals surface area (Å²) in [5.41, 5.74) is 5.92. The van der Waals surface area contributed by atoms with Crippen LogP contribution in [-0.2, 0) is 6.42 Å². The van der Waals surface area contributed by atoms with Gasteiger partial charge in [-0.25, -0.2) is 0 Å². The van der Waals surface area contributed by atoms with Crippen molar-refractivity contribution in [2.45, 2.75) is 65.2 Å². The van der Waals surface area contributed by atoms with Crippen molar-refractivity contribution in [3.63, 3.8) is 0 Å². The summed E-state index contributed by atoms with van der Waals surface area (Å²) >= 11 is 0. The highest BCUT2D eigenvalue weighted by molar-refractivity contribution is 4.98. The van der Waals surface area contributed by atoms with E-state index in [2.05, 4.69) is 30.9 Å². The van der Waals surface area contributed by atoms with Crippen molar-refractivity contribution in [3.05, 3.63) is 11.7 Å². The molecular formula is C15H27N3O. The molecule has 1 saturated carbocycles. The standard InChI is InChI=1S/C15H27N3O/c1-15(2,3)12-8-6-11(7-9-12)14-17-13(19-18-14)5-4-10-16/h11-12H,4-10,16H2,1-3H3. The second kappa shape index (κ2) is 6.04. The molecule has 1 aromatic rings. The Morgan fingerprint density at radius 2 is 1.89 bits per heavy atom. The van der Waals surface area contributed by atoms with Gasteiger partial charge >= 0.3 is 0 Å². The first-order chi connectivity index (χ1) is 9.00. The van der Waals surface area contributed by atoms with E-state index in [1.807, 2.05) is 0 Å². The van der Waals surface area contributed by atoms with Crippen LogP contribution in [0.5, 0.6) is 0 Å². The zero-order valence-corrected chi connectivity index (χ0v) is 12.5. The van der Waals surface area contributed by atoms with E-state index in [4.69, 9.17) is 10.3 Å². The van der Waals surface area contributed by atoms with Crippen LogP contribution < -0.4 is 5.73 Å². The fourth-order valence-electron chi connectivity index (χ4n) is 3.01. The van der Waals surface area contributed by atoms with Gasteiger partial charge in [0.05, 0.1) is 0 Å². The maximum atomic E-state index is 5.49. The van der Waals surface area contributed by atoms with E-state index < -0.39 is 0 Å². The fraction of sp³-hybridized carbons (Fsp3) is 0.867. The predicted molar refractivity (Wildman–Crippen MR) is 75.8 cm³/mol. The molecule has 4 nitrogen and oxygen atoms in total. The van der Waals surface area contributed by atoms with Crippen LogP contribution in [0.3, 0.4) is 0 Å². The predicted octanol–water partition coefficient (Wildman–Crippen LogP) is 3.28. The molecule has 0 aliphatic heterocycles. The smallest absolute Gasteiger partial charge is 0.226 e. The largest absolute Gasteiger partial charge is 0.339 e. The van der Waals surface area contributed by atoms with E-state index in [0.717, 1.165) is 30.5 Å². The average molecular weight is 265 g/mol. The van der Waals surface area contributed by atoms with Crippen LogP contribution in [0.4, 0.5) is 0 Å². The summed E-state index contributed by atoms with van der Waals surface area (Å²) in [4.78, 5) is 4.53. The molecule has 1 aromatic heterocycles. The Bertz CT molecular complexity index is 386. The molecular weight excluding hydrogens is 238 g/mol. The molecule has 1 aliphatic carbocycles. The molecule has 0 atom stereocenters. The van der Waals surface area contributed by atoms with Crippen molar-refractivity contribution in [2.75, 3.05) is 6.54 Å². The van der Waals surface area contributed by atoms with Crippen LogP contribution in [0.25, 0.3) is 0 Å². The number of nitrogens with two attached hydrogens (primary N) is 1. The lowest BCUT2D eigenvalue weighted by atomic mass is 9.70. The topological polar surface area (TPSA) is 64.9 Å². The number of hydrogen-bond donors (Lipinski definition) is 1. The van der Waals surface area contributed by atoms with Gasteiger partial charge in [-0.2, -0.15) is 4.98 Å². The van der Waals surface area contributed by atoms with E-state index >= 15 is 0 Å². The zero-order valence-electron chi connectivity index (χ0n) is 12.5. The second-order valence-electron chi connectivity index (χ2n) is 6.85. The molecule has 0 bridgehead atoms. The normalized spacial score (nSPS) is 24.6. The molecule has 1 heterocycles. The van der Waals surface area contributed by atoms with Gasteiger partial charge in [0.1, 0.15) is 0 Å². The summed E-state index contributed by atoms with van der Waals surface area (Å²) in [5, 5.41) is 4.15. The molecule has 108 valence electrons. The molecule has 0 unspecified atom stereocenters. The van der Waals surface area contributed by atoms with Crippen molar-refractivity contribution in [1.29, 1.82) is 0 Å². The van der Waals surface area contributed by atoms with Gasteiger partial charge in [0.2, 0.25) is 5.89 Å². The molecule has 0 radical (unpaired) electrons. The first-order valence-electron chi connectivity index (χ1n) is 7.53. The maximum Gasteiger partial charge on any atom is 0.226 e. The molecule has 0 aromatic carbocycles. The summed E-state index contributed by atoms with van der Waals surface area (Å²) in [6.45, 7) is 7.71. The highest BCUT2D eigenvalue weighted by Gasteiger charge is 2.31. The van der Waals surface area contributed by atoms with Gasteiger partial charge in [-0.05, 0) is 50.0 Å². The molecule has 19 heavy (non-hydrogen) atoms. The Balaban J connectivity index is 1.89. The lowest BCUT2D eigenvalue weighted by Gasteiger charge is -2.36. The third-order valence-electron chi connectivity index (χ3n) is 4.40. The zero-order chi connectivity index (χ0) is 13.9. The summed E-state index contributed by atoms with van der Waals surface area (Å²) in [5.74, 6) is 2.99. The van der Waals surface area contributed by atoms with Gasteiger partial charge < -0.3 is 10.3 Å². The van der Waals surface area contributed by atoms with Gasteiger partial charge in [0.15, 0.2) is 5.82 Å². The molecule has 2 rings (SSSR count). The minimum absolute atomic E-state index is 0.425. The van der Waals surface area contributed by atoms with Gasteiger partial charge in [0, 0.05) is 12.3 Å². The van der Waals surface area contributed by atoms with Crippen molar-refractivity contribution in [1.82, 2.24) is 10.1 Å². The van der Waals surface area contributed by atoms with E-state index in [1.165, 1.54) is 25.7 Å². The Morgan fingerprint density at radius 3 is 2.47 bits per heavy atom.